The van der Waals surface area contributed by atoms with E-state index in [1.807, 2.05) is 30.3 Å². The smallest absolute Gasteiger partial charge is 0.227 e. The van der Waals surface area contributed by atoms with Crippen LogP contribution in [0.3, 0.4) is 0 Å². The minimum atomic E-state index is 0.651. The standard InChI is InChI=1S/C39H23NO/c1-2-8-25(9-3-1)39-40-36-21-18-24-14-15-28-22-26(16-19-29(28)37(24)38(36)41-39)27-17-20-34-32-12-5-4-10-30(32)31-11-6-7-13-33(31)35(34)23-27/h1-23H. The highest BCUT2D eigenvalue weighted by atomic mass is 16.3. The Bertz CT molecular complexity index is 2430. The van der Waals surface area contributed by atoms with Crippen molar-refractivity contribution in [1.82, 2.24) is 4.98 Å². The van der Waals surface area contributed by atoms with Gasteiger partial charge < -0.3 is 4.42 Å². The number of rotatable bonds is 2. The number of hydrogen-bond donors (Lipinski definition) is 0. The van der Waals surface area contributed by atoms with Crippen molar-refractivity contribution in [2.45, 2.75) is 0 Å². The van der Waals surface area contributed by atoms with E-state index in [-0.39, 0.29) is 0 Å². The van der Waals surface area contributed by atoms with Crippen LogP contribution >= 0.6 is 0 Å². The number of fused-ring (bicyclic) bond motifs is 11. The fourth-order valence-corrected chi connectivity index (χ4v) is 6.50. The lowest BCUT2D eigenvalue weighted by Crippen LogP contribution is -1.85. The maximum Gasteiger partial charge on any atom is 0.227 e. The van der Waals surface area contributed by atoms with E-state index in [1.165, 1.54) is 54.2 Å². The predicted octanol–water partition coefficient (Wildman–Crippen LogP) is 10.9. The molecule has 0 saturated carbocycles. The molecule has 41 heavy (non-hydrogen) atoms. The summed E-state index contributed by atoms with van der Waals surface area (Å²) in [6.07, 6.45) is 0. The van der Waals surface area contributed by atoms with E-state index >= 15 is 0 Å². The summed E-state index contributed by atoms with van der Waals surface area (Å²) in [6, 6.07) is 49.8. The molecule has 0 aliphatic rings. The fraction of sp³-hybridized carbons (Fsp3) is 0. The number of aromatic nitrogens is 1. The van der Waals surface area contributed by atoms with Crippen LogP contribution in [0.5, 0.6) is 0 Å². The molecule has 0 unspecified atom stereocenters. The van der Waals surface area contributed by atoms with Gasteiger partial charge in [0.2, 0.25) is 5.89 Å². The molecule has 9 aromatic rings. The van der Waals surface area contributed by atoms with E-state index in [0.29, 0.717) is 5.89 Å². The second kappa shape index (κ2) is 8.51. The van der Waals surface area contributed by atoms with Gasteiger partial charge >= 0.3 is 0 Å². The highest BCUT2D eigenvalue weighted by Gasteiger charge is 2.14. The van der Waals surface area contributed by atoms with Gasteiger partial charge in [-0.3, -0.25) is 0 Å². The number of oxazole rings is 1. The maximum absolute atomic E-state index is 6.40. The second-order valence-corrected chi connectivity index (χ2v) is 10.7. The van der Waals surface area contributed by atoms with Crippen LogP contribution in [0.15, 0.2) is 144 Å². The zero-order chi connectivity index (χ0) is 26.9. The van der Waals surface area contributed by atoms with E-state index in [0.717, 1.165) is 27.4 Å². The summed E-state index contributed by atoms with van der Waals surface area (Å²) in [6.45, 7) is 0. The molecule has 2 heteroatoms. The third-order valence-corrected chi connectivity index (χ3v) is 8.45. The van der Waals surface area contributed by atoms with Gasteiger partial charge in [0.15, 0.2) is 5.58 Å². The van der Waals surface area contributed by atoms with Crippen LogP contribution < -0.4 is 0 Å². The molecule has 9 rings (SSSR count). The van der Waals surface area contributed by atoms with Crippen LogP contribution in [-0.2, 0) is 0 Å². The third-order valence-electron chi connectivity index (χ3n) is 8.45. The third kappa shape index (κ3) is 3.34. The Morgan fingerprint density at radius 3 is 1.68 bits per heavy atom. The normalized spacial score (nSPS) is 11.9. The summed E-state index contributed by atoms with van der Waals surface area (Å²) in [5, 5.41) is 12.4. The number of nitrogens with zero attached hydrogens (tertiary/aromatic N) is 1. The molecule has 0 aliphatic carbocycles. The lowest BCUT2D eigenvalue weighted by atomic mass is 9.91. The van der Waals surface area contributed by atoms with Gasteiger partial charge in [-0.1, -0.05) is 109 Å². The molecule has 2 nitrogen and oxygen atoms in total. The Balaban J connectivity index is 1.25. The van der Waals surface area contributed by atoms with E-state index in [1.54, 1.807) is 0 Å². The Hall–Kier alpha value is -5.47. The second-order valence-electron chi connectivity index (χ2n) is 10.7. The minimum absolute atomic E-state index is 0.651. The highest BCUT2D eigenvalue weighted by molar-refractivity contribution is 6.26. The van der Waals surface area contributed by atoms with Crippen molar-refractivity contribution >= 4 is 65.0 Å². The number of benzene rings is 8. The summed E-state index contributed by atoms with van der Waals surface area (Å²) < 4.78 is 6.40. The first-order chi connectivity index (χ1) is 20.3. The predicted molar refractivity (Wildman–Crippen MR) is 172 cm³/mol. The van der Waals surface area contributed by atoms with Gasteiger partial charge in [-0.05, 0) is 89.9 Å². The van der Waals surface area contributed by atoms with Crippen LogP contribution in [0.1, 0.15) is 0 Å². The maximum atomic E-state index is 6.40. The Labute approximate surface area is 236 Å². The highest BCUT2D eigenvalue weighted by Crippen LogP contribution is 2.39. The van der Waals surface area contributed by atoms with Crippen LogP contribution in [0.4, 0.5) is 0 Å². The molecule has 0 radical (unpaired) electrons. The molecule has 0 atom stereocenters. The van der Waals surface area contributed by atoms with Crippen molar-refractivity contribution in [2.24, 2.45) is 0 Å². The molecular weight excluding hydrogens is 498 g/mol. The molecular formula is C39H23NO. The molecule has 190 valence electrons. The lowest BCUT2D eigenvalue weighted by Gasteiger charge is -2.12. The van der Waals surface area contributed by atoms with Crippen molar-refractivity contribution < 1.29 is 4.42 Å². The zero-order valence-electron chi connectivity index (χ0n) is 22.1. The van der Waals surface area contributed by atoms with Gasteiger partial charge in [-0.25, -0.2) is 4.98 Å². The van der Waals surface area contributed by atoms with Gasteiger partial charge in [0.1, 0.15) is 5.52 Å². The quantitative estimate of drug-likeness (QED) is 0.211. The molecule has 0 amide bonds. The monoisotopic (exact) mass is 521 g/mol. The first-order valence-corrected chi connectivity index (χ1v) is 14.0. The molecule has 1 heterocycles. The largest absolute Gasteiger partial charge is 0.435 e. The molecule has 0 saturated heterocycles. The minimum Gasteiger partial charge on any atom is -0.435 e. The van der Waals surface area contributed by atoms with Crippen LogP contribution in [0.2, 0.25) is 0 Å². The first kappa shape index (κ1) is 22.4. The van der Waals surface area contributed by atoms with E-state index < -0.39 is 0 Å². The van der Waals surface area contributed by atoms with Crippen molar-refractivity contribution in [3.8, 4) is 22.6 Å². The number of hydrogen-bond acceptors (Lipinski definition) is 2. The van der Waals surface area contributed by atoms with Gasteiger partial charge in [0.25, 0.3) is 0 Å². The molecule has 1 aromatic heterocycles. The van der Waals surface area contributed by atoms with Crippen molar-refractivity contribution in [3.63, 3.8) is 0 Å². The van der Waals surface area contributed by atoms with Gasteiger partial charge in [0, 0.05) is 10.9 Å². The molecule has 0 aliphatic heterocycles. The van der Waals surface area contributed by atoms with Gasteiger partial charge in [-0.15, -0.1) is 0 Å². The summed E-state index contributed by atoms with van der Waals surface area (Å²) in [7, 11) is 0. The van der Waals surface area contributed by atoms with Crippen LogP contribution in [0, 0.1) is 0 Å². The summed E-state index contributed by atoms with van der Waals surface area (Å²) in [5.74, 6) is 0.651. The first-order valence-electron chi connectivity index (χ1n) is 14.0. The fourth-order valence-electron chi connectivity index (χ4n) is 6.50. The average molecular weight is 522 g/mol. The zero-order valence-corrected chi connectivity index (χ0v) is 22.1. The molecule has 0 bridgehead atoms. The van der Waals surface area contributed by atoms with E-state index in [4.69, 9.17) is 9.40 Å². The van der Waals surface area contributed by atoms with Gasteiger partial charge in [-0.2, -0.15) is 0 Å². The summed E-state index contributed by atoms with van der Waals surface area (Å²) in [5.41, 5.74) is 5.11. The van der Waals surface area contributed by atoms with Gasteiger partial charge in [0.05, 0.1) is 0 Å². The van der Waals surface area contributed by atoms with Crippen molar-refractivity contribution in [3.05, 3.63) is 140 Å². The SMILES string of the molecule is c1ccc(-c2nc3ccc4ccc5cc(-c6ccc7c8ccccc8c8ccccc8c7c6)ccc5c4c3o2)cc1. The van der Waals surface area contributed by atoms with Crippen LogP contribution in [0.25, 0.3) is 87.5 Å². The molecule has 0 spiro atoms. The van der Waals surface area contributed by atoms with Crippen LogP contribution in [-0.4, -0.2) is 4.98 Å². The van der Waals surface area contributed by atoms with Crippen molar-refractivity contribution in [2.75, 3.05) is 0 Å². The molecule has 0 fully saturated rings. The summed E-state index contributed by atoms with van der Waals surface area (Å²) >= 11 is 0. The molecule has 8 aromatic carbocycles. The van der Waals surface area contributed by atoms with E-state index in [9.17, 15) is 0 Å². The Kier molecular flexibility index (Phi) is 4.64. The molecule has 0 N–H and O–H groups in total. The Morgan fingerprint density at radius 2 is 0.951 bits per heavy atom. The van der Waals surface area contributed by atoms with Crippen molar-refractivity contribution in [1.29, 1.82) is 0 Å². The lowest BCUT2D eigenvalue weighted by molar-refractivity contribution is 0.623. The Morgan fingerprint density at radius 1 is 0.390 bits per heavy atom. The van der Waals surface area contributed by atoms with E-state index in [2.05, 4.69) is 109 Å². The topological polar surface area (TPSA) is 26.0 Å². The average Bonchev–Trinajstić information content (AvgIpc) is 3.49. The summed E-state index contributed by atoms with van der Waals surface area (Å²) in [4.78, 5) is 4.81.